The summed E-state index contributed by atoms with van der Waals surface area (Å²) in [6.45, 7) is 7.82. The summed E-state index contributed by atoms with van der Waals surface area (Å²) >= 11 is 0. The fraction of sp³-hybridized carbons (Fsp3) is 0. The quantitative estimate of drug-likeness (QED) is 0.188. The number of hydrogen-bond acceptors (Lipinski definition) is 2. The molecule has 178 valence electrons. The van der Waals surface area contributed by atoms with Crippen molar-refractivity contribution < 1.29 is 9.59 Å². The van der Waals surface area contributed by atoms with E-state index in [1.807, 2.05) is 95.6 Å². The molecule has 0 unspecified atom stereocenters. The smallest absolute Gasteiger partial charge is 0.268 e. The minimum atomic E-state index is -0.379. The fourth-order valence-corrected chi connectivity index (χ4v) is 5.54. The number of carbonyl (C=O) groups is 2. The van der Waals surface area contributed by atoms with Gasteiger partial charge in [0.15, 0.2) is 0 Å². The van der Waals surface area contributed by atoms with Crippen molar-refractivity contribution in [1.29, 1.82) is 0 Å². The van der Waals surface area contributed by atoms with Gasteiger partial charge in [0.1, 0.15) is 0 Å². The zero-order valence-corrected chi connectivity index (χ0v) is 20.1. The topological polar surface area (TPSA) is 46.7 Å². The minimum absolute atomic E-state index is 0.336. The Bertz CT molecular complexity index is 1980. The van der Waals surface area contributed by atoms with Crippen molar-refractivity contribution in [3.63, 3.8) is 0 Å². The molecule has 0 N–H and O–H groups in total. The molecule has 0 aliphatic carbocycles. The molecule has 1 aliphatic rings. The van der Waals surface area contributed by atoms with Crippen LogP contribution < -0.4 is 4.90 Å². The molecule has 6 aromatic rings. The molecule has 5 heteroatoms. The number of benzene rings is 5. The van der Waals surface area contributed by atoms with Gasteiger partial charge >= 0.3 is 0 Å². The van der Waals surface area contributed by atoms with Crippen LogP contribution in [0.3, 0.4) is 0 Å². The SMILES string of the molecule is [C-]#[N+]c1cccc2c3ccccc3n(-c3cccc4c3C(=O)N(c3ccccc3-c3ccccc3)C4=O)c12. The number of aromatic nitrogens is 1. The predicted molar refractivity (Wildman–Crippen MR) is 150 cm³/mol. The number of fused-ring (bicyclic) bond motifs is 4. The second-order valence-electron chi connectivity index (χ2n) is 9.17. The molecular weight excluding hydrogens is 470 g/mol. The van der Waals surface area contributed by atoms with E-state index in [4.69, 9.17) is 6.57 Å². The maximum atomic E-state index is 14.2. The van der Waals surface area contributed by atoms with E-state index < -0.39 is 0 Å². The number of amides is 2. The van der Waals surface area contributed by atoms with Crippen molar-refractivity contribution in [3.8, 4) is 16.8 Å². The van der Waals surface area contributed by atoms with E-state index in [-0.39, 0.29) is 11.8 Å². The maximum absolute atomic E-state index is 14.2. The van der Waals surface area contributed by atoms with Gasteiger partial charge in [0, 0.05) is 10.9 Å². The molecule has 0 fully saturated rings. The molecule has 0 radical (unpaired) electrons. The normalized spacial score (nSPS) is 12.8. The van der Waals surface area contributed by atoms with E-state index in [9.17, 15) is 9.59 Å². The van der Waals surface area contributed by atoms with Gasteiger partial charge in [-0.2, -0.15) is 0 Å². The van der Waals surface area contributed by atoms with Crippen LogP contribution in [0.2, 0.25) is 0 Å². The second kappa shape index (κ2) is 8.29. The van der Waals surface area contributed by atoms with Gasteiger partial charge in [0.05, 0.1) is 40.1 Å². The Balaban J connectivity index is 1.49. The summed E-state index contributed by atoms with van der Waals surface area (Å²) in [5.74, 6) is -0.739. The highest BCUT2D eigenvalue weighted by atomic mass is 16.2. The molecule has 0 saturated heterocycles. The van der Waals surface area contributed by atoms with Crippen molar-refractivity contribution in [1.82, 2.24) is 4.57 Å². The van der Waals surface area contributed by atoms with Crippen LogP contribution in [-0.4, -0.2) is 16.4 Å². The summed E-state index contributed by atoms with van der Waals surface area (Å²) in [5, 5.41) is 1.91. The number of rotatable bonds is 3. The van der Waals surface area contributed by atoms with Gasteiger partial charge in [-0.05, 0) is 35.2 Å². The molecule has 2 heterocycles. The minimum Gasteiger partial charge on any atom is -0.318 e. The van der Waals surface area contributed by atoms with Crippen molar-refractivity contribution in [2.45, 2.75) is 0 Å². The summed E-state index contributed by atoms with van der Waals surface area (Å²) in [6, 6.07) is 36.1. The Kier molecular flexibility index (Phi) is 4.75. The van der Waals surface area contributed by atoms with Gasteiger partial charge in [-0.1, -0.05) is 91.0 Å². The third kappa shape index (κ3) is 2.98. The van der Waals surface area contributed by atoms with Crippen LogP contribution in [0.4, 0.5) is 11.4 Å². The first-order chi connectivity index (χ1) is 18.7. The molecule has 0 atom stereocenters. The second-order valence-corrected chi connectivity index (χ2v) is 9.17. The number of nitrogens with zero attached hydrogens (tertiary/aromatic N) is 3. The summed E-state index contributed by atoms with van der Waals surface area (Å²) in [7, 11) is 0. The van der Waals surface area contributed by atoms with Crippen LogP contribution in [0.25, 0.3) is 43.5 Å². The molecule has 2 amide bonds. The van der Waals surface area contributed by atoms with Gasteiger partial charge in [-0.3, -0.25) is 9.59 Å². The number of carbonyl (C=O) groups excluding carboxylic acids is 2. The summed E-state index contributed by atoms with van der Waals surface area (Å²) in [5.41, 5.74) is 5.61. The highest BCUT2D eigenvalue weighted by Gasteiger charge is 2.40. The molecule has 1 aromatic heterocycles. The van der Waals surface area contributed by atoms with Gasteiger partial charge < -0.3 is 4.57 Å². The third-order valence-corrected chi connectivity index (χ3v) is 7.16. The number of anilines is 1. The van der Waals surface area contributed by atoms with E-state index in [2.05, 4.69) is 4.85 Å². The Labute approximate surface area is 218 Å². The van der Waals surface area contributed by atoms with Crippen molar-refractivity contribution >= 4 is 45.0 Å². The lowest BCUT2D eigenvalue weighted by Gasteiger charge is -2.18. The van der Waals surface area contributed by atoms with E-state index >= 15 is 0 Å². The summed E-state index contributed by atoms with van der Waals surface area (Å²) in [6.07, 6.45) is 0. The Morgan fingerprint density at radius 3 is 2.08 bits per heavy atom. The van der Waals surface area contributed by atoms with E-state index in [1.54, 1.807) is 24.3 Å². The molecule has 0 saturated carbocycles. The summed E-state index contributed by atoms with van der Waals surface area (Å²) < 4.78 is 1.95. The van der Waals surface area contributed by atoms with Gasteiger partial charge in [-0.15, -0.1) is 0 Å². The monoisotopic (exact) mass is 489 g/mol. The van der Waals surface area contributed by atoms with Crippen LogP contribution in [0.5, 0.6) is 0 Å². The molecule has 0 bridgehead atoms. The first-order valence-corrected chi connectivity index (χ1v) is 12.3. The average Bonchev–Trinajstić information content (AvgIpc) is 3.45. The van der Waals surface area contributed by atoms with Crippen molar-refractivity contribution in [2.75, 3.05) is 4.90 Å². The van der Waals surface area contributed by atoms with Crippen molar-refractivity contribution in [2.24, 2.45) is 0 Å². The molecule has 5 nitrogen and oxygen atoms in total. The largest absolute Gasteiger partial charge is 0.318 e. The number of para-hydroxylation sites is 3. The Hall–Kier alpha value is -5.47. The lowest BCUT2D eigenvalue weighted by molar-refractivity contribution is 0.0926. The summed E-state index contributed by atoms with van der Waals surface area (Å²) in [4.78, 5) is 33.0. The van der Waals surface area contributed by atoms with Crippen LogP contribution >= 0.6 is 0 Å². The lowest BCUT2D eigenvalue weighted by atomic mass is 10.0. The van der Waals surface area contributed by atoms with Crippen molar-refractivity contribution in [3.05, 3.63) is 138 Å². The molecular formula is C33H19N3O2. The fourth-order valence-electron chi connectivity index (χ4n) is 5.54. The molecule has 1 aliphatic heterocycles. The van der Waals surface area contributed by atoms with Gasteiger partial charge in [0.25, 0.3) is 11.8 Å². The van der Waals surface area contributed by atoms with Crippen LogP contribution in [0, 0.1) is 6.57 Å². The van der Waals surface area contributed by atoms with Gasteiger partial charge in [0.2, 0.25) is 5.69 Å². The standard InChI is InChI=1S/C33H19N3O2/c1-34-26-17-9-15-24-23-14-6-8-19-28(23)35(31(24)26)29-20-10-16-25-30(29)33(38)36(32(25)37)27-18-7-5-13-22(27)21-11-3-2-4-12-21/h2-20H. The van der Waals surface area contributed by atoms with Gasteiger partial charge in [-0.25, -0.2) is 9.74 Å². The van der Waals surface area contributed by atoms with E-state index in [0.29, 0.717) is 28.2 Å². The zero-order chi connectivity index (χ0) is 25.8. The third-order valence-electron chi connectivity index (χ3n) is 7.16. The van der Waals surface area contributed by atoms with Crippen LogP contribution in [0.15, 0.2) is 115 Å². The van der Waals surface area contributed by atoms with Crippen LogP contribution in [-0.2, 0) is 0 Å². The lowest BCUT2D eigenvalue weighted by Crippen LogP contribution is -2.30. The molecule has 5 aromatic carbocycles. The Morgan fingerprint density at radius 2 is 1.24 bits per heavy atom. The Morgan fingerprint density at radius 1 is 0.579 bits per heavy atom. The molecule has 0 spiro atoms. The first-order valence-electron chi connectivity index (χ1n) is 12.3. The zero-order valence-electron chi connectivity index (χ0n) is 20.1. The highest BCUT2D eigenvalue weighted by molar-refractivity contribution is 6.36. The van der Waals surface area contributed by atoms with E-state index in [0.717, 1.165) is 32.9 Å². The highest BCUT2D eigenvalue weighted by Crippen LogP contribution is 2.42. The first kappa shape index (κ1) is 21.8. The molecule has 7 rings (SSSR count). The maximum Gasteiger partial charge on any atom is 0.268 e. The molecule has 38 heavy (non-hydrogen) atoms. The average molecular weight is 490 g/mol. The van der Waals surface area contributed by atoms with E-state index in [1.165, 1.54) is 4.90 Å². The van der Waals surface area contributed by atoms with Crippen LogP contribution in [0.1, 0.15) is 20.7 Å². The number of imide groups is 1. The number of hydrogen-bond donors (Lipinski definition) is 0. The predicted octanol–water partition coefficient (Wildman–Crippen LogP) is 7.80.